The number of benzene rings is 1. The van der Waals surface area contributed by atoms with Gasteiger partial charge in [-0.3, -0.25) is 0 Å². The van der Waals surface area contributed by atoms with Crippen LogP contribution in [0.1, 0.15) is 40.2 Å². The predicted octanol–water partition coefficient (Wildman–Crippen LogP) is 3.82. The molecule has 0 unspecified atom stereocenters. The van der Waals surface area contributed by atoms with Crippen molar-refractivity contribution in [2.45, 2.75) is 45.8 Å². The van der Waals surface area contributed by atoms with Gasteiger partial charge in [0.1, 0.15) is 17.4 Å². The fraction of sp³-hybridized carbons (Fsp3) is 0.467. The molecule has 0 saturated heterocycles. The first-order chi connectivity index (χ1) is 9.05. The van der Waals surface area contributed by atoms with Gasteiger partial charge in [-0.1, -0.05) is 15.9 Å². The van der Waals surface area contributed by atoms with Crippen LogP contribution in [0, 0.1) is 11.3 Å². The topological polar surface area (TPSA) is 59.3 Å². The number of nitriles is 1. The third-order valence-corrected chi connectivity index (χ3v) is 2.81. The van der Waals surface area contributed by atoms with Gasteiger partial charge in [-0.2, -0.15) is 5.26 Å². The minimum atomic E-state index is -1.18. The van der Waals surface area contributed by atoms with Crippen molar-refractivity contribution in [2.24, 2.45) is 0 Å². The second-order valence-electron chi connectivity index (χ2n) is 5.87. The first kappa shape index (κ1) is 16.5. The van der Waals surface area contributed by atoms with E-state index >= 15 is 0 Å². The van der Waals surface area contributed by atoms with Crippen LogP contribution in [-0.4, -0.2) is 17.2 Å². The van der Waals surface area contributed by atoms with Crippen LogP contribution in [0.2, 0.25) is 0 Å². The number of halogens is 1. The first-order valence-corrected chi connectivity index (χ1v) is 6.96. The van der Waals surface area contributed by atoms with Crippen LogP contribution < -0.4 is 4.74 Å². The molecule has 0 fully saturated rings. The van der Waals surface area contributed by atoms with Crippen LogP contribution in [-0.2, 0) is 9.53 Å². The molecule has 0 bridgehead atoms. The van der Waals surface area contributed by atoms with Crippen molar-refractivity contribution in [3.8, 4) is 11.8 Å². The van der Waals surface area contributed by atoms with Gasteiger partial charge in [0.25, 0.3) is 0 Å². The lowest BCUT2D eigenvalue weighted by molar-refractivity contribution is -0.170. The molecule has 108 valence electrons. The summed E-state index contributed by atoms with van der Waals surface area (Å²) in [7, 11) is 0. The lowest BCUT2D eigenvalue weighted by Crippen LogP contribution is -2.43. The zero-order chi connectivity index (χ0) is 15.6. The van der Waals surface area contributed by atoms with E-state index in [1.165, 1.54) is 0 Å². The maximum absolute atomic E-state index is 12.1. The predicted molar refractivity (Wildman–Crippen MR) is 79.4 cm³/mol. The quantitative estimate of drug-likeness (QED) is 0.785. The van der Waals surface area contributed by atoms with E-state index in [4.69, 9.17) is 14.7 Å². The average molecular weight is 340 g/mol. The molecule has 0 aliphatic heterocycles. The van der Waals surface area contributed by atoms with Crippen molar-refractivity contribution < 1.29 is 14.3 Å². The van der Waals surface area contributed by atoms with Crippen molar-refractivity contribution in [2.75, 3.05) is 0 Å². The minimum absolute atomic E-state index is 0.345. The minimum Gasteiger partial charge on any atom is -0.475 e. The Balaban J connectivity index is 2.99. The van der Waals surface area contributed by atoms with Crippen molar-refractivity contribution in [3.63, 3.8) is 0 Å². The van der Waals surface area contributed by atoms with Crippen molar-refractivity contribution in [3.05, 3.63) is 28.2 Å². The summed E-state index contributed by atoms with van der Waals surface area (Å²) >= 11 is 3.31. The van der Waals surface area contributed by atoms with Gasteiger partial charge >= 0.3 is 5.97 Å². The van der Waals surface area contributed by atoms with Crippen LogP contribution in [0.15, 0.2) is 22.7 Å². The maximum Gasteiger partial charge on any atom is 0.350 e. The molecule has 0 atom stereocenters. The summed E-state index contributed by atoms with van der Waals surface area (Å²) in [6.07, 6.45) is 0. The summed E-state index contributed by atoms with van der Waals surface area (Å²) in [5.41, 5.74) is -1.41. The Hall–Kier alpha value is -1.54. The van der Waals surface area contributed by atoms with E-state index in [0.29, 0.717) is 11.3 Å². The molecule has 4 nitrogen and oxygen atoms in total. The van der Waals surface area contributed by atoms with Gasteiger partial charge < -0.3 is 9.47 Å². The number of hydrogen-bond acceptors (Lipinski definition) is 4. The van der Waals surface area contributed by atoms with E-state index in [-0.39, 0.29) is 0 Å². The zero-order valence-corrected chi connectivity index (χ0v) is 13.9. The van der Waals surface area contributed by atoms with E-state index in [1.54, 1.807) is 52.8 Å². The lowest BCUT2D eigenvalue weighted by atomic mass is 10.1. The molecule has 1 aromatic rings. The summed E-state index contributed by atoms with van der Waals surface area (Å²) in [6, 6.07) is 7.06. The normalized spacial score (nSPS) is 11.7. The first-order valence-electron chi connectivity index (χ1n) is 6.17. The molecule has 20 heavy (non-hydrogen) atoms. The maximum atomic E-state index is 12.1. The number of carbonyl (C=O) groups excluding carboxylic acids is 1. The molecule has 0 spiro atoms. The van der Waals surface area contributed by atoms with Crippen LogP contribution in [0.25, 0.3) is 0 Å². The largest absolute Gasteiger partial charge is 0.475 e. The highest BCUT2D eigenvalue weighted by atomic mass is 79.9. The molecular weight excluding hydrogens is 322 g/mol. The highest BCUT2D eigenvalue weighted by Gasteiger charge is 2.35. The monoisotopic (exact) mass is 339 g/mol. The van der Waals surface area contributed by atoms with Gasteiger partial charge in [-0.25, -0.2) is 4.79 Å². The Morgan fingerprint density at radius 2 is 1.85 bits per heavy atom. The summed E-state index contributed by atoms with van der Waals surface area (Å²) < 4.78 is 11.8. The number of nitrogens with zero attached hydrogens (tertiary/aromatic N) is 1. The van der Waals surface area contributed by atoms with E-state index in [1.807, 2.05) is 6.07 Å². The van der Waals surface area contributed by atoms with E-state index < -0.39 is 17.2 Å². The van der Waals surface area contributed by atoms with Gasteiger partial charge in [-0.15, -0.1) is 0 Å². The molecule has 0 aliphatic carbocycles. The zero-order valence-electron chi connectivity index (χ0n) is 12.3. The molecule has 0 radical (unpaired) electrons. The number of esters is 1. The molecule has 0 N–H and O–H groups in total. The van der Waals surface area contributed by atoms with Gasteiger partial charge in [-0.05, 0) is 52.8 Å². The third-order valence-electron chi connectivity index (χ3n) is 2.32. The van der Waals surface area contributed by atoms with Gasteiger partial charge in [0.15, 0.2) is 5.60 Å². The summed E-state index contributed by atoms with van der Waals surface area (Å²) in [4.78, 5) is 12.1. The molecule has 1 aromatic carbocycles. The molecule has 0 aliphatic rings. The molecule has 0 amide bonds. The molecule has 5 heteroatoms. The van der Waals surface area contributed by atoms with Crippen molar-refractivity contribution in [1.82, 2.24) is 0 Å². The Morgan fingerprint density at radius 1 is 1.25 bits per heavy atom. The van der Waals surface area contributed by atoms with Crippen molar-refractivity contribution >= 4 is 21.9 Å². The van der Waals surface area contributed by atoms with Crippen LogP contribution in [0.4, 0.5) is 0 Å². The summed E-state index contributed by atoms with van der Waals surface area (Å²) in [5, 5.41) is 9.07. The standard InChI is InChI=1S/C15H18BrNO3/c1-14(2,3)20-13(18)15(4,5)19-12-8-11(16)7-6-10(12)9-17/h6-8H,1-5H3. The van der Waals surface area contributed by atoms with Gasteiger partial charge in [0, 0.05) is 4.47 Å². The Labute approximate surface area is 127 Å². The van der Waals surface area contributed by atoms with E-state index in [9.17, 15) is 4.79 Å². The Kier molecular flexibility index (Phi) is 4.82. The Morgan fingerprint density at radius 3 is 2.35 bits per heavy atom. The summed E-state index contributed by atoms with van der Waals surface area (Å²) in [6.45, 7) is 8.61. The molecule has 1 rings (SSSR count). The number of rotatable bonds is 3. The van der Waals surface area contributed by atoms with Crippen molar-refractivity contribution in [1.29, 1.82) is 5.26 Å². The van der Waals surface area contributed by atoms with Crippen LogP contribution >= 0.6 is 15.9 Å². The highest BCUT2D eigenvalue weighted by Crippen LogP contribution is 2.28. The fourth-order valence-electron chi connectivity index (χ4n) is 1.39. The molecule has 0 aromatic heterocycles. The average Bonchev–Trinajstić information content (AvgIpc) is 2.26. The molecule has 0 heterocycles. The van der Waals surface area contributed by atoms with Crippen LogP contribution in [0.5, 0.6) is 5.75 Å². The molecule has 0 saturated carbocycles. The van der Waals surface area contributed by atoms with Crippen LogP contribution in [0.3, 0.4) is 0 Å². The number of carbonyl (C=O) groups is 1. The van der Waals surface area contributed by atoms with Gasteiger partial charge in [0.05, 0.1) is 5.56 Å². The third kappa shape index (κ3) is 4.53. The van der Waals surface area contributed by atoms with Gasteiger partial charge in [0.2, 0.25) is 0 Å². The highest BCUT2D eigenvalue weighted by molar-refractivity contribution is 9.10. The Bertz CT molecular complexity index is 553. The molecular formula is C15H18BrNO3. The summed E-state index contributed by atoms with van der Waals surface area (Å²) in [5.74, 6) is -0.133. The lowest BCUT2D eigenvalue weighted by Gasteiger charge is -2.29. The van der Waals surface area contributed by atoms with E-state index in [0.717, 1.165) is 4.47 Å². The second-order valence-corrected chi connectivity index (χ2v) is 6.78. The van der Waals surface area contributed by atoms with E-state index in [2.05, 4.69) is 15.9 Å². The number of ether oxygens (including phenoxy) is 2. The SMILES string of the molecule is CC(C)(C)OC(=O)C(C)(C)Oc1cc(Br)ccc1C#N. The smallest absolute Gasteiger partial charge is 0.350 e. The second kappa shape index (κ2) is 5.84. The number of hydrogen-bond donors (Lipinski definition) is 0. The fourth-order valence-corrected chi connectivity index (χ4v) is 1.73.